The molecule has 4 aromatic rings. The molecule has 0 unspecified atom stereocenters. The van der Waals surface area contributed by atoms with Crippen LogP contribution in [-0.4, -0.2) is 25.3 Å². The molecule has 2 heterocycles. The van der Waals surface area contributed by atoms with Crippen LogP contribution in [0.25, 0.3) is 11.2 Å². The molecule has 0 bridgehead atoms. The van der Waals surface area contributed by atoms with E-state index < -0.39 is 11.2 Å². The van der Waals surface area contributed by atoms with Crippen LogP contribution >= 0.6 is 11.6 Å². The van der Waals surface area contributed by atoms with E-state index in [1.165, 1.54) is 4.57 Å². The fourth-order valence-electron chi connectivity index (χ4n) is 3.00. The Morgan fingerprint density at radius 3 is 2.72 bits per heavy atom. The Balaban J connectivity index is 1.80. The third-order valence-electron chi connectivity index (χ3n) is 4.41. The maximum absolute atomic E-state index is 12.5. The number of hydrazone groups is 1. The highest BCUT2D eigenvalue weighted by molar-refractivity contribution is 6.30. The Kier molecular flexibility index (Phi) is 5.01. The van der Waals surface area contributed by atoms with Crippen molar-refractivity contribution < 1.29 is 0 Å². The molecule has 2 aromatic carbocycles. The maximum Gasteiger partial charge on any atom is 0.329 e. The van der Waals surface area contributed by atoms with Gasteiger partial charge in [0.1, 0.15) is 0 Å². The minimum atomic E-state index is -0.533. The van der Waals surface area contributed by atoms with Gasteiger partial charge in [0, 0.05) is 12.1 Å². The van der Waals surface area contributed by atoms with Gasteiger partial charge >= 0.3 is 5.69 Å². The van der Waals surface area contributed by atoms with Crippen LogP contribution < -0.4 is 16.7 Å². The van der Waals surface area contributed by atoms with Gasteiger partial charge in [0.05, 0.1) is 12.8 Å². The lowest BCUT2D eigenvalue weighted by Gasteiger charge is -2.08. The van der Waals surface area contributed by atoms with E-state index in [0.717, 1.165) is 11.1 Å². The summed E-state index contributed by atoms with van der Waals surface area (Å²) >= 11 is 6.09. The first-order valence-corrected chi connectivity index (χ1v) is 9.19. The van der Waals surface area contributed by atoms with Crippen molar-refractivity contribution in [2.24, 2.45) is 12.1 Å². The summed E-state index contributed by atoms with van der Waals surface area (Å²) in [6, 6.07) is 16.9. The molecule has 146 valence electrons. The van der Waals surface area contributed by atoms with E-state index >= 15 is 0 Å². The van der Waals surface area contributed by atoms with Gasteiger partial charge in [-0.25, -0.2) is 10.2 Å². The van der Waals surface area contributed by atoms with E-state index in [4.69, 9.17) is 11.6 Å². The normalized spacial score (nSPS) is 11.4. The molecular weight excluding hydrogens is 392 g/mol. The number of hydrogen-bond acceptors (Lipinski definition) is 5. The fraction of sp³-hybridized carbons (Fsp3) is 0.100. The molecule has 0 aliphatic heterocycles. The number of aromatic nitrogens is 4. The molecule has 2 N–H and O–H groups in total. The summed E-state index contributed by atoms with van der Waals surface area (Å²) in [6.07, 6.45) is 1.65. The van der Waals surface area contributed by atoms with Gasteiger partial charge in [-0.3, -0.25) is 18.9 Å². The number of hydrogen-bond donors (Lipinski definition) is 2. The van der Waals surface area contributed by atoms with Gasteiger partial charge in [-0.2, -0.15) is 10.1 Å². The minimum Gasteiger partial charge on any atom is -0.298 e. The van der Waals surface area contributed by atoms with Gasteiger partial charge in [0.2, 0.25) is 5.95 Å². The summed E-state index contributed by atoms with van der Waals surface area (Å²) in [5.74, 6) is 0.332. The molecule has 8 nitrogen and oxygen atoms in total. The molecule has 0 aliphatic carbocycles. The maximum atomic E-state index is 12.5. The number of nitrogens with zero attached hydrogens (tertiary/aromatic N) is 4. The number of halogens is 1. The quantitative estimate of drug-likeness (QED) is 0.392. The van der Waals surface area contributed by atoms with Crippen LogP contribution in [0.5, 0.6) is 0 Å². The molecule has 0 amide bonds. The molecule has 0 saturated heterocycles. The van der Waals surface area contributed by atoms with E-state index in [1.54, 1.807) is 30.0 Å². The summed E-state index contributed by atoms with van der Waals surface area (Å²) in [5.41, 5.74) is 4.14. The molecule has 2 aromatic heterocycles. The second-order valence-corrected chi connectivity index (χ2v) is 6.86. The topological polar surface area (TPSA) is 97.1 Å². The average Bonchev–Trinajstić information content (AvgIpc) is 3.06. The van der Waals surface area contributed by atoms with Crippen molar-refractivity contribution in [1.82, 2.24) is 19.1 Å². The second-order valence-electron chi connectivity index (χ2n) is 6.42. The summed E-state index contributed by atoms with van der Waals surface area (Å²) in [7, 11) is 1.55. The largest absolute Gasteiger partial charge is 0.329 e. The molecule has 0 fully saturated rings. The molecule has 4 rings (SSSR count). The Labute approximate surface area is 170 Å². The first-order chi connectivity index (χ1) is 14.0. The Morgan fingerprint density at radius 2 is 1.97 bits per heavy atom. The van der Waals surface area contributed by atoms with Gasteiger partial charge in [-0.15, -0.1) is 0 Å². The number of benzene rings is 2. The summed E-state index contributed by atoms with van der Waals surface area (Å²) in [5, 5.41) is 4.81. The molecule has 0 saturated carbocycles. The molecule has 29 heavy (non-hydrogen) atoms. The zero-order chi connectivity index (χ0) is 20.4. The van der Waals surface area contributed by atoms with Crippen LogP contribution in [0, 0.1) is 0 Å². The van der Waals surface area contributed by atoms with Gasteiger partial charge < -0.3 is 0 Å². The lowest BCUT2D eigenvalue weighted by molar-refractivity contribution is 0.808. The van der Waals surface area contributed by atoms with E-state index in [2.05, 4.69) is 20.5 Å². The van der Waals surface area contributed by atoms with Gasteiger partial charge in [0.15, 0.2) is 11.2 Å². The molecule has 0 aliphatic rings. The van der Waals surface area contributed by atoms with Gasteiger partial charge in [-0.1, -0.05) is 54.1 Å². The number of fused-ring (bicyclic) bond motifs is 1. The van der Waals surface area contributed by atoms with Crippen molar-refractivity contribution in [3.63, 3.8) is 0 Å². The monoisotopic (exact) mass is 408 g/mol. The van der Waals surface area contributed by atoms with Crippen LogP contribution in [0.15, 0.2) is 69.3 Å². The zero-order valence-electron chi connectivity index (χ0n) is 15.5. The molecule has 9 heteroatoms. The van der Waals surface area contributed by atoms with Gasteiger partial charge in [-0.05, 0) is 23.3 Å². The van der Waals surface area contributed by atoms with Crippen molar-refractivity contribution in [2.45, 2.75) is 6.54 Å². The van der Waals surface area contributed by atoms with Crippen molar-refractivity contribution >= 4 is 34.9 Å². The van der Waals surface area contributed by atoms with Crippen molar-refractivity contribution in [3.8, 4) is 0 Å². The Hall–Kier alpha value is -3.65. The summed E-state index contributed by atoms with van der Waals surface area (Å²) in [6.45, 7) is 0.321. The Bertz CT molecular complexity index is 1320. The molecule has 0 atom stereocenters. The standard InChI is InChI=1S/C20H17ClN6O2/c1-26-17-16(18(28)24-20(26)29)27(12-14-8-5-9-15(21)10-14)19(23-17)25-22-11-13-6-3-2-4-7-13/h2-11H,12H2,1H3,(H,23,25)(H,24,28,29). The first-order valence-electron chi connectivity index (χ1n) is 8.81. The zero-order valence-corrected chi connectivity index (χ0v) is 16.2. The van der Waals surface area contributed by atoms with E-state index in [1.807, 2.05) is 42.5 Å². The highest BCUT2D eigenvalue weighted by Crippen LogP contribution is 2.19. The number of aryl methyl sites for hydroxylation is 1. The predicted octanol–water partition coefficient (Wildman–Crippen LogP) is 2.57. The molecular formula is C20H17ClN6O2. The third-order valence-corrected chi connectivity index (χ3v) is 4.65. The van der Waals surface area contributed by atoms with Crippen LogP contribution in [0.4, 0.5) is 5.95 Å². The number of aromatic amines is 1. The SMILES string of the molecule is Cn1c(=O)[nH]c(=O)c2c1nc(NN=Cc1ccccc1)n2Cc1cccc(Cl)c1. The van der Waals surface area contributed by atoms with Crippen LogP contribution in [0.1, 0.15) is 11.1 Å². The van der Waals surface area contributed by atoms with Crippen molar-refractivity contribution in [1.29, 1.82) is 0 Å². The summed E-state index contributed by atoms with van der Waals surface area (Å²) < 4.78 is 2.96. The number of nitrogens with one attached hydrogen (secondary N) is 2. The van der Waals surface area contributed by atoms with Crippen LogP contribution in [0.3, 0.4) is 0 Å². The van der Waals surface area contributed by atoms with E-state index in [0.29, 0.717) is 17.5 Å². The average molecular weight is 409 g/mol. The lowest BCUT2D eigenvalue weighted by atomic mass is 10.2. The third kappa shape index (κ3) is 3.83. The predicted molar refractivity (Wildman–Crippen MR) is 114 cm³/mol. The van der Waals surface area contributed by atoms with Gasteiger partial charge in [0.25, 0.3) is 5.56 Å². The minimum absolute atomic E-state index is 0.262. The lowest BCUT2D eigenvalue weighted by Crippen LogP contribution is -2.29. The van der Waals surface area contributed by atoms with Crippen molar-refractivity contribution in [3.05, 3.63) is 91.6 Å². The highest BCUT2D eigenvalue weighted by atomic mass is 35.5. The molecule has 0 radical (unpaired) electrons. The summed E-state index contributed by atoms with van der Waals surface area (Å²) in [4.78, 5) is 31.2. The van der Waals surface area contributed by atoms with Crippen LogP contribution in [0.2, 0.25) is 5.02 Å². The van der Waals surface area contributed by atoms with Crippen LogP contribution in [-0.2, 0) is 13.6 Å². The number of rotatable bonds is 5. The highest BCUT2D eigenvalue weighted by Gasteiger charge is 2.17. The number of H-pyrrole nitrogens is 1. The first kappa shape index (κ1) is 18.7. The van der Waals surface area contributed by atoms with E-state index in [9.17, 15) is 9.59 Å². The Morgan fingerprint density at radius 1 is 1.17 bits per heavy atom. The number of anilines is 1. The molecule has 0 spiro atoms. The number of imidazole rings is 1. The fourth-order valence-corrected chi connectivity index (χ4v) is 3.21. The second kappa shape index (κ2) is 7.76. The van der Waals surface area contributed by atoms with E-state index in [-0.39, 0.29) is 11.2 Å². The van der Waals surface area contributed by atoms with Crippen molar-refractivity contribution in [2.75, 3.05) is 5.43 Å². The smallest absolute Gasteiger partial charge is 0.298 e.